The van der Waals surface area contributed by atoms with Crippen molar-refractivity contribution in [3.63, 3.8) is 0 Å². The predicted octanol–water partition coefficient (Wildman–Crippen LogP) is 4.74. The number of ether oxygens (including phenoxy) is 1. The molecule has 2 heterocycles. The third-order valence-electron chi connectivity index (χ3n) is 5.23. The van der Waals surface area contributed by atoms with Crippen LogP contribution < -0.4 is 10.1 Å². The molecular formula is C24H21F3N2O2. The van der Waals surface area contributed by atoms with Crippen LogP contribution in [-0.4, -0.2) is 23.5 Å². The molecule has 1 atom stereocenters. The summed E-state index contributed by atoms with van der Waals surface area (Å²) in [6.45, 7) is 2.29. The lowest BCUT2D eigenvalue weighted by Crippen LogP contribution is -2.35. The van der Waals surface area contributed by atoms with Crippen molar-refractivity contribution in [2.45, 2.75) is 32.0 Å². The molecule has 31 heavy (non-hydrogen) atoms. The van der Waals surface area contributed by atoms with E-state index >= 15 is 0 Å². The number of hydrogen-bond acceptors (Lipinski definition) is 3. The molecule has 2 aromatic carbocycles. The first-order valence-corrected chi connectivity index (χ1v) is 9.94. The second kappa shape index (κ2) is 8.41. The minimum Gasteiger partial charge on any atom is -0.488 e. The smallest absolute Gasteiger partial charge is 0.416 e. The monoisotopic (exact) mass is 426 g/mol. The van der Waals surface area contributed by atoms with E-state index in [1.165, 1.54) is 12.1 Å². The Hall–Kier alpha value is -3.35. The summed E-state index contributed by atoms with van der Waals surface area (Å²) in [4.78, 5) is 16.7. The Morgan fingerprint density at radius 1 is 1.16 bits per heavy atom. The molecule has 0 aliphatic carbocycles. The van der Waals surface area contributed by atoms with Gasteiger partial charge in [0.1, 0.15) is 11.9 Å². The number of carbonyl (C=O) groups is 1. The molecule has 1 N–H and O–H groups in total. The third kappa shape index (κ3) is 4.87. The highest BCUT2D eigenvalue weighted by atomic mass is 19.4. The average Bonchev–Trinajstić information content (AvgIpc) is 3.14. The molecule has 7 heteroatoms. The quantitative estimate of drug-likeness (QED) is 0.641. The molecule has 0 saturated heterocycles. The van der Waals surface area contributed by atoms with E-state index in [4.69, 9.17) is 4.74 Å². The molecule has 4 nitrogen and oxygen atoms in total. The van der Waals surface area contributed by atoms with Crippen LogP contribution in [-0.2, 0) is 23.8 Å². The predicted molar refractivity (Wildman–Crippen MR) is 111 cm³/mol. The molecule has 160 valence electrons. The van der Waals surface area contributed by atoms with Crippen LogP contribution in [0, 0.1) is 6.92 Å². The third-order valence-corrected chi connectivity index (χ3v) is 5.23. The number of rotatable bonds is 5. The number of benzene rings is 2. The number of hydrogen-bond donors (Lipinski definition) is 1. The van der Waals surface area contributed by atoms with Crippen LogP contribution in [0.2, 0.25) is 0 Å². The van der Waals surface area contributed by atoms with Gasteiger partial charge in [-0.1, -0.05) is 24.3 Å². The summed E-state index contributed by atoms with van der Waals surface area (Å²) < 4.78 is 44.4. The Labute approximate surface area is 178 Å². The van der Waals surface area contributed by atoms with Gasteiger partial charge in [-0.15, -0.1) is 0 Å². The van der Waals surface area contributed by atoms with Crippen molar-refractivity contribution in [3.05, 3.63) is 83.0 Å². The number of nitrogens with one attached hydrogen (secondary N) is 1. The van der Waals surface area contributed by atoms with Gasteiger partial charge < -0.3 is 10.1 Å². The maximum atomic E-state index is 12.8. The normalized spacial score (nSPS) is 15.3. The Bertz CT molecular complexity index is 1110. The van der Waals surface area contributed by atoms with Crippen LogP contribution >= 0.6 is 0 Å². The van der Waals surface area contributed by atoms with Crippen LogP contribution in [0.15, 0.2) is 60.8 Å². The standard InChI is InChI=1S/C24H21F3N2O2/c1-15-4-3-9-28-23(15)17-7-8-21-18(12-17)13-20(31-21)14-29-22(30)11-16-5-2-6-19(10-16)24(25,26)27/h2-10,12,20H,11,13-14H2,1H3,(H,29,30)/t20-/m0/s1. The molecule has 1 aromatic heterocycles. The highest BCUT2D eigenvalue weighted by Gasteiger charge is 2.30. The topological polar surface area (TPSA) is 51.2 Å². The highest BCUT2D eigenvalue weighted by Crippen LogP contribution is 2.33. The van der Waals surface area contributed by atoms with Gasteiger partial charge in [0.05, 0.1) is 24.2 Å². The first-order valence-electron chi connectivity index (χ1n) is 9.94. The summed E-state index contributed by atoms with van der Waals surface area (Å²) in [5.74, 6) is 0.429. The summed E-state index contributed by atoms with van der Waals surface area (Å²) in [7, 11) is 0. The van der Waals surface area contributed by atoms with Crippen molar-refractivity contribution in [1.82, 2.24) is 10.3 Å². The molecular weight excluding hydrogens is 405 g/mol. The van der Waals surface area contributed by atoms with E-state index in [9.17, 15) is 18.0 Å². The van der Waals surface area contributed by atoms with Crippen LogP contribution in [0.25, 0.3) is 11.3 Å². The molecule has 1 aliphatic heterocycles. The van der Waals surface area contributed by atoms with E-state index in [0.29, 0.717) is 12.0 Å². The van der Waals surface area contributed by atoms with E-state index < -0.39 is 11.7 Å². The maximum absolute atomic E-state index is 12.8. The Morgan fingerprint density at radius 3 is 2.77 bits per heavy atom. The van der Waals surface area contributed by atoms with Crippen molar-refractivity contribution in [1.29, 1.82) is 0 Å². The Balaban J connectivity index is 1.35. The zero-order chi connectivity index (χ0) is 22.0. The van der Waals surface area contributed by atoms with Crippen LogP contribution in [0.5, 0.6) is 5.75 Å². The van der Waals surface area contributed by atoms with E-state index in [1.54, 1.807) is 6.20 Å². The number of amides is 1. The molecule has 0 saturated carbocycles. The second-order valence-electron chi connectivity index (χ2n) is 7.61. The molecule has 0 unspecified atom stereocenters. The average molecular weight is 426 g/mol. The number of aromatic nitrogens is 1. The SMILES string of the molecule is Cc1cccnc1-c1ccc2c(c1)C[C@@H](CNC(=O)Cc1cccc(C(F)(F)F)c1)O2. The lowest BCUT2D eigenvalue weighted by Gasteiger charge is -2.12. The number of carbonyl (C=O) groups excluding carboxylic acids is 1. The first kappa shape index (κ1) is 20.9. The summed E-state index contributed by atoms with van der Waals surface area (Å²) in [5, 5.41) is 2.76. The molecule has 1 aliphatic rings. The van der Waals surface area contributed by atoms with Gasteiger partial charge in [-0.25, -0.2) is 0 Å². The van der Waals surface area contributed by atoms with Crippen molar-refractivity contribution in [2.75, 3.05) is 6.54 Å². The zero-order valence-corrected chi connectivity index (χ0v) is 16.9. The highest BCUT2D eigenvalue weighted by molar-refractivity contribution is 5.78. The van der Waals surface area contributed by atoms with Gasteiger partial charge in [-0.2, -0.15) is 13.2 Å². The summed E-state index contributed by atoms with van der Waals surface area (Å²) in [5.41, 5.74) is 3.61. The van der Waals surface area contributed by atoms with E-state index in [0.717, 1.165) is 40.3 Å². The lowest BCUT2D eigenvalue weighted by molar-refractivity contribution is -0.137. The second-order valence-corrected chi connectivity index (χ2v) is 7.61. The van der Waals surface area contributed by atoms with Crippen molar-refractivity contribution in [3.8, 4) is 17.0 Å². The number of aryl methyl sites for hydroxylation is 1. The zero-order valence-electron chi connectivity index (χ0n) is 16.9. The number of nitrogens with zero attached hydrogens (tertiary/aromatic N) is 1. The van der Waals surface area contributed by atoms with Crippen LogP contribution in [0.1, 0.15) is 22.3 Å². The van der Waals surface area contributed by atoms with Crippen molar-refractivity contribution >= 4 is 5.91 Å². The van der Waals surface area contributed by atoms with Crippen molar-refractivity contribution < 1.29 is 22.7 Å². The van der Waals surface area contributed by atoms with Gasteiger partial charge in [0.15, 0.2) is 0 Å². The summed E-state index contributed by atoms with van der Waals surface area (Å²) in [6.07, 6.45) is -2.37. The van der Waals surface area contributed by atoms with E-state index in [2.05, 4.69) is 16.4 Å². The van der Waals surface area contributed by atoms with Gasteiger partial charge in [-0.05, 0) is 53.9 Å². The lowest BCUT2D eigenvalue weighted by atomic mass is 10.0. The summed E-state index contributed by atoms with van der Waals surface area (Å²) in [6, 6.07) is 14.6. The molecule has 1 amide bonds. The van der Waals surface area contributed by atoms with Gasteiger partial charge >= 0.3 is 6.18 Å². The summed E-state index contributed by atoms with van der Waals surface area (Å²) >= 11 is 0. The fourth-order valence-corrected chi connectivity index (χ4v) is 3.70. The van der Waals surface area contributed by atoms with Crippen LogP contribution in [0.4, 0.5) is 13.2 Å². The van der Waals surface area contributed by atoms with Gasteiger partial charge in [0, 0.05) is 18.2 Å². The molecule has 0 spiro atoms. The molecule has 0 bridgehead atoms. The number of halogens is 3. The van der Waals surface area contributed by atoms with Crippen LogP contribution in [0.3, 0.4) is 0 Å². The minimum absolute atomic E-state index is 0.118. The fourth-order valence-electron chi connectivity index (χ4n) is 3.70. The number of alkyl halides is 3. The van der Waals surface area contributed by atoms with Crippen molar-refractivity contribution in [2.24, 2.45) is 0 Å². The Morgan fingerprint density at radius 2 is 2.00 bits per heavy atom. The molecule has 4 rings (SSSR count). The first-order chi connectivity index (χ1) is 14.8. The maximum Gasteiger partial charge on any atom is 0.416 e. The van der Waals surface area contributed by atoms with E-state index in [-0.39, 0.29) is 25.0 Å². The number of pyridine rings is 1. The largest absolute Gasteiger partial charge is 0.488 e. The molecule has 3 aromatic rings. The fraction of sp³-hybridized carbons (Fsp3) is 0.250. The minimum atomic E-state index is -4.43. The Kier molecular flexibility index (Phi) is 5.67. The molecule has 0 fully saturated rings. The molecule has 0 radical (unpaired) electrons. The van der Waals surface area contributed by atoms with Gasteiger partial charge in [0.2, 0.25) is 5.91 Å². The van der Waals surface area contributed by atoms with Gasteiger partial charge in [0.25, 0.3) is 0 Å². The van der Waals surface area contributed by atoms with Gasteiger partial charge in [-0.3, -0.25) is 9.78 Å². The number of fused-ring (bicyclic) bond motifs is 1. The van der Waals surface area contributed by atoms with E-state index in [1.807, 2.05) is 31.2 Å².